The molecule has 0 aliphatic heterocycles. The summed E-state index contributed by atoms with van der Waals surface area (Å²) in [5.74, 6) is 1.15. The maximum atomic E-state index is 6.09. The predicted molar refractivity (Wildman–Crippen MR) is 86.6 cm³/mol. The minimum atomic E-state index is 0.342. The van der Waals surface area contributed by atoms with Crippen molar-refractivity contribution in [3.63, 3.8) is 0 Å². The lowest BCUT2D eigenvalue weighted by Crippen LogP contribution is -2.08. The summed E-state index contributed by atoms with van der Waals surface area (Å²) in [7, 11) is 1.66. The molecule has 1 heterocycles. The highest BCUT2D eigenvalue weighted by atomic mass is 35.5. The predicted octanol–water partition coefficient (Wildman–Crippen LogP) is 4.14. The summed E-state index contributed by atoms with van der Waals surface area (Å²) in [6, 6.07) is 3.59. The standard InChI is InChI=1S/C14H17Cl3N2O2/c1-20-5-6-21-4-2-3-19-13-8-11(17)10(16)7-12(13)18-14(19)9-15/h7-8H,2-6,9H2,1H3. The average Bonchev–Trinajstić information content (AvgIpc) is 2.80. The van der Waals surface area contributed by atoms with Crippen molar-refractivity contribution in [3.8, 4) is 0 Å². The van der Waals surface area contributed by atoms with Crippen LogP contribution in [0.2, 0.25) is 10.0 Å². The molecule has 0 saturated heterocycles. The summed E-state index contributed by atoms with van der Waals surface area (Å²) in [6.07, 6.45) is 0.860. The molecular formula is C14H17Cl3N2O2. The quantitative estimate of drug-likeness (QED) is 0.530. The van der Waals surface area contributed by atoms with Crippen LogP contribution in [0.25, 0.3) is 11.0 Å². The van der Waals surface area contributed by atoms with Crippen molar-refractivity contribution in [2.75, 3.05) is 26.9 Å². The smallest absolute Gasteiger partial charge is 0.124 e. The Morgan fingerprint density at radius 3 is 2.62 bits per heavy atom. The van der Waals surface area contributed by atoms with E-state index in [1.165, 1.54) is 0 Å². The fourth-order valence-electron chi connectivity index (χ4n) is 2.09. The maximum absolute atomic E-state index is 6.09. The lowest BCUT2D eigenvalue weighted by molar-refractivity contribution is 0.0681. The molecule has 2 aromatic rings. The zero-order chi connectivity index (χ0) is 15.2. The molecule has 0 fully saturated rings. The average molecular weight is 352 g/mol. The van der Waals surface area contributed by atoms with Crippen molar-refractivity contribution in [2.24, 2.45) is 0 Å². The van der Waals surface area contributed by atoms with Gasteiger partial charge in [-0.1, -0.05) is 23.2 Å². The van der Waals surface area contributed by atoms with Crippen LogP contribution in [0.3, 0.4) is 0 Å². The van der Waals surface area contributed by atoms with E-state index in [0.717, 1.165) is 29.8 Å². The Bertz CT molecular complexity index is 601. The molecule has 0 aliphatic carbocycles. The Balaban J connectivity index is 2.08. The number of halogens is 3. The van der Waals surface area contributed by atoms with Crippen molar-refractivity contribution < 1.29 is 9.47 Å². The van der Waals surface area contributed by atoms with E-state index < -0.39 is 0 Å². The molecule has 0 radical (unpaired) electrons. The van der Waals surface area contributed by atoms with Crippen LogP contribution in [0.4, 0.5) is 0 Å². The normalized spacial score (nSPS) is 11.4. The molecule has 1 aromatic carbocycles. The lowest BCUT2D eigenvalue weighted by atomic mass is 10.3. The molecular weight excluding hydrogens is 335 g/mol. The second kappa shape index (κ2) is 8.20. The second-order valence-corrected chi connectivity index (χ2v) is 5.61. The molecule has 0 atom stereocenters. The van der Waals surface area contributed by atoms with Crippen LogP contribution in [-0.4, -0.2) is 36.5 Å². The van der Waals surface area contributed by atoms with E-state index in [1.807, 2.05) is 6.07 Å². The van der Waals surface area contributed by atoms with Gasteiger partial charge in [-0.3, -0.25) is 0 Å². The molecule has 0 amide bonds. The summed E-state index contributed by atoms with van der Waals surface area (Å²) >= 11 is 18.1. The van der Waals surface area contributed by atoms with Crippen LogP contribution in [0.15, 0.2) is 12.1 Å². The molecule has 0 N–H and O–H groups in total. The van der Waals surface area contributed by atoms with Gasteiger partial charge in [0.15, 0.2) is 0 Å². The third-order valence-electron chi connectivity index (χ3n) is 3.09. The van der Waals surface area contributed by atoms with E-state index in [1.54, 1.807) is 13.2 Å². The Labute approximate surface area is 138 Å². The number of aryl methyl sites for hydroxylation is 1. The van der Waals surface area contributed by atoms with Crippen molar-refractivity contribution >= 4 is 45.8 Å². The van der Waals surface area contributed by atoms with Gasteiger partial charge in [0.25, 0.3) is 0 Å². The van der Waals surface area contributed by atoms with Gasteiger partial charge in [0.05, 0.1) is 40.2 Å². The SMILES string of the molecule is COCCOCCCn1c(CCl)nc2cc(Cl)c(Cl)cc21. The van der Waals surface area contributed by atoms with Gasteiger partial charge >= 0.3 is 0 Å². The highest BCUT2D eigenvalue weighted by Crippen LogP contribution is 2.28. The maximum Gasteiger partial charge on any atom is 0.124 e. The first kappa shape index (κ1) is 16.8. The molecule has 0 bridgehead atoms. The molecule has 7 heteroatoms. The first-order chi connectivity index (χ1) is 10.2. The van der Waals surface area contributed by atoms with Crippen LogP contribution in [0.1, 0.15) is 12.2 Å². The van der Waals surface area contributed by atoms with Crippen LogP contribution < -0.4 is 0 Å². The molecule has 0 saturated carbocycles. The number of fused-ring (bicyclic) bond motifs is 1. The van der Waals surface area contributed by atoms with Gasteiger partial charge in [-0.25, -0.2) is 4.98 Å². The van der Waals surface area contributed by atoms with Crippen molar-refractivity contribution in [1.29, 1.82) is 0 Å². The number of benzene rings is 1. The summed E-state index contributed by atoms with van der Waals surface area (Å²) in [4.78, 5) is 4.49. The summed E-state index contributed by atoms with van der Waals surface area (Å²) < 4.78 is 12.4. The van der Waals surface area contributed by atoms with Crippen LogP contribution in [0.5, 0.6) is 0 Å². The number of imidazole rings is 1. The third-order valence-corrected chi connectivity index (χ3v) is 4.05. The molecule has 21 heavy (non-hydrogen) atoms. The van der Waals surface area contributed by atoms with Crippen molar-refractivity contribution in [1.82, 2.24) is 9.55 Å². The van der Waals surface area contributed by atoms with Crippen LogP contribution in [0, 0.1) is 0 Å². The highest BCUT2D eigenvalue weighted by molar-refractivity contribution is 6.42. The zero-order valence-electron chi connectivity index (χ0n) is 11.7. The Hall–Kier alpha value is -0.520. The summed E-state index contributed by atoms with van der Waals surface area (Å²) in [6.45, 7) is 2.63. The number of ether oxygens (including phenoxy) is 2. The minimum Gasteiger partial charge on any atom is -0.382 e. The molecule has 0 unspecified atom stereocenters. The van der Waals surface area contributed by atoms with Crippen LogP contribution >= 0.6 is 34.8 Å². The van der Waals surface area contributed by atoms with Gasteiger partial charge in [-0.15, -0.1) is 11.6 Å². The number of methoxy groups -OCH3 is 1. The lowest BCUT2D eigenvalue weighted by Gasteiger charge is -2.08. The van der Waals surface area contributed by atoms with E-state index in [0.29, 0.717) is 35.7 Å². The van der Waals surface area contributed by atoms with Gasteiger partial charge in [0.1, 0.15) is 5.82 Å². The molecule has 4 nitrogen and oxygen atoms in total. The fourth-order valence-corrected chi connectivity index (χ4v) is 2.61. The van der Waals surface area contributed by atoms with Gasteiger partial charge in [-0.05, 0) is 18.6 Å². The van der Waals surface area contributed by atoms with Crippen molar-refractivity contribution in [2.45, 2.75) is 18.8 Å². The number of nitrogens with zero attached hydrogens (tertiary/aromatic N) is 2. The molecule has 0 aliphatic rings. The number of aromatic nitrogens is 2. The third kappa shape index (κ3) is 4.24. The van der Waals surface area contributed by atoms with E-state index in [4.69, 9.17) is 44.3 Å². The van der Waals surface area contributed by atoms with Crippen LogP contribution in [-0.2, 0) is 21.9 Å². The zero-order valence-corrected chi connectivity index (χ0v) is 14.0. The fraction of sp³-hybridized carbons (Fsp3) is 0.500. The second-order valence-electron chi connectivity index (χ2n) is 4.53. The molecule has 116 valence electrons. The van der Waals surface area contributed by atoms with Gasteiger partial charge in [0.2, 0.25) is 0 Å². The first-order valence-electron chi connectivity index (χ1n) is 6.64. The first-order valence-corrected chi connectivity index (χ1v) is 7.93. The largest absolute Gasteiger partial charge is 0.382 e. The molecule has 2 rings (SSSR count). The Morgan fingerprint density at radius 1 is 1.14 bits per heavy atom. The Morgan fingerprint density at radius 2 is 1.90 bits per heavy atom. The monoisotopic (exact) mass is 350 g/mol. The van der Waals surface area contributed by atoms with E-state index in [-0.39, 0.29) is 0 Å². The number of rotatable bonds is 8. The molecule has 1 aromatic heterocycles. The highest BCUT2D eigenvalue weighted by Gasteiger charge is 2.12. The van der Waals surface area contributed by atoms with Gasteiger partial charge in [-0.2, -0.15) is 0 Å². The van der Waals surface area contributed by atoms with E-state index >= 15 is 0 Å². The van der Waals surface area contributed by atoms with Gasteiger partial charge < -0.3 is 14.0 Å². The number of alkyl halides is 1. The van der Waals surface area contributed by atoms with Crippen molar-refractivity contribution in [3.05, 3.63) is 28.0 Å². The van der Waals surface area contributed by atoms with Gasteiger partial charge in [0, 0.05) is 20.3 Å². The summed E-state index contributed by atoms with van der Waals surface area (Å²) in [5.41, 5.74) is 1.75. The number of hydrogen-bond acceptors (Lipinski definition) is 3. The number of hydrogen-bond donors (Lipinski definition) is 0. The topological polar surface area (TPSA) is 36.3 Å². The molecule has 0 spiro atoms. The van der Waals surface area contributed by atoms with E-state index in [2.05, 4.69) is 9.55 Å². The Kier molecular flexibility index (Phi) is 6.58. The summed E-state index contributed by atoms with van der Waals surface area (Å²) in [5, 5.41) is 1.01. The minimum absolute atomic E-state index is 0.342. The van der Waals surface area contributed by atoms with E-state index in [9.17, 15) is 0 Å².